The van der Waals surface area contributed by atoms with Crippen molar-refractivity contribution >= 4 is 11.6 Å². The highest BCUT2D eigenvalue weighted by molar-refractivity contribution is 5.83. The van der Waals surface area contributed by atoms with Crippen molar-refractivity contribution in [1.82, 2.24) is 19.7 Å². The lowest BCUT2D eigenvalue weighted by Gasteiger charge is -2.35. The standard InChI is InChI=1S/C21H22FN7/c1-13-3-5-16(15-4-6-18(22)25-12-15)19(17(13)11-23)29-9-7-14(8-10-29)20-26-27-21(24)28(20)2/h3-6,12,14H,7-10H2,1-2H3,(H2,24,27). The number of aryl methyl sites for hydroxylation is 1. The predicted octanol–water partition coefficient (Wildman–Crippen LogP) is 3.16. The molecule has 1 fully saturated rings. The molecule has 0 saturated carbocycles. The lowest BCUT2D eigenvalue weighted by Crippen LogP contribution is -2.34. The van der Waals surface area contributed by atoms with Gasteiger partial charge in [-0.2, -0.15) is 9.65 Å². The van der Waals surface area contributed by atoms with Crippen LogP contribution in [0.25, 0.3) is 11.1 Å². The van der Waals surface area contributed by atoms with Crippen molar-refractivity contribution in [2.75, 3.05) is 23.7 Å². The van der Waals surface area contributed by atoms with Crippen LogP contribution in [0.4, 0.5) is 16.0 Å². The molecule has 1 aromatic carbocycles. The second-order valence-corrected chi connectivity index (χ2v) is 7.37. The Morgan fingerprint density at radius 2 is 1.93 bits per heavy atom. The summed E-state index contributed by atoms with van der Waals surface area (Å²) in [6.07, 6.45) is 3.28. The van der Waals surface area contributed by atoms with E-state index in [1.165, 1.54) is 12.3 Å². The highest BCUT2D eigenvalue weighted by Gasteiger charge is 2.28. The van der Waals surface area contributed by atoms with Gasteiger partial charge in [0.05, 0.1) is 11.3 Å². The minimum atomic E-state index is -0.522. The molecule has 0 atom stereocenters. The Balaban J connectivity index is 1.68. The first-order chi connectivity index (χ1) is 14.0. The summed E-state index contributed by atoms with van der Waals surface area (Å²) in [5.74, 6) is 1.06. The van der Waals surface area contributed by atoms with Gasteiger partial charge in [0.2, 0.25) is 11.9 Å². The molecule has 0 bridgehead atoms. The molecule has 7 nitrogen and oxygen atoms in total. The van der Waals surface area contributed by atoms with Gasteiger partial charge in [-0.3, -0.25) is 0 Å². The van der Waals surface area contributed by atoms with Gasteiger partial charge in [0.15, 0.2) is 0 Å². The molecule has 0 aliphatic carbocycles. The SMILES string of the molecule is Cc1ccc(-c2ccc(F)nc2)c(N2CCC(c3nnc(N)n3C)CC2)c1C#N. The maximum absolute atomic E-state index is 13.3. The van der Waals surface area contributed by atoms with Crippen LogP contribution in [0.5, 0.6) is 0 Å². The fourth-order valence-electron chi connectivity index (χ4n) is 4.00. The minimum Gasteiger partial charge on any atom is -0.370 e. The monoisotopic (exact) mass is 391 g/mol. The smallest absolute Gasteiger partial charge is 0.221 e. The van der Waals surface area contributed by atoms with Gasteiger partial charge in [0.1, 0.15) is 11.9 Å². The predicted molar refractivity (Wildman–Crippen MR) is 109 cm³/mol. The Kier molecular flexibility index (Phi) is 4.89. The van der Waals surface area contributed by atoms with Crippen LogP contribution in [0.15, 0.2) is 30.5 Å². The molecule has 2 N–H and O–H groups in total. The second kappa shape index (κ2) is 7.51. The molecule has 1 saturated heterocycles. The van der Waals surface area contributed by atoms with Crippen LogP contribution in [-0.2, 0) is 7.05 Å². The molecular weight excluding hydrogens is 369 g/mol. The van der Waals surface area contributed by atoms with Crippen molar-refractivity contribution < 1.29 is 4.39 Å². The highest BCUT2D eigenvalue weighted by Crippen LogP contribution is 2.38. The average Bonchev–Trinajstić information content (AvgIpc) is 3.07. The first kappa shape index (κ1) is 18.9. The molecule has 148 valence electrons. The fraction of sp³-hybridized carbons (Fsp3) is 0.333. The number of nitrogens with two attached hydrogens (primary N) is 1. The summed E-state index contributed by atoms with van der Waals surface area (Å²) >= 11 is 0. The Hall–Kier alpha value is -3.47. The Morgan fingerprint density at radius 3 is 2.52 bits per heavy atom. The second-order valence-electron chi connectivity index (χ2n) is 7.37. The van der Waals surface area contributed by atoms with Crippen molar-refractivity contribution in [2.45, 2.75) is 25.7 Å². The molecular formula is C21H22FN7. The van der Waals surface area contributed by atoms with Gasteiger partial charge in [0.25, 0.3) is 0 Å². The molecule has 0 amide bonds. The van der Waals surface area contributed by atoms with Crippen LogP contribution >= 0.6 is 0 Å². The lowest BCUT2D eigenvalue weighted by atomic mass is 9.92. The van der Waals surface area contributed by atoms with E-state index in [0.717, 1.165) is 54.1 Å². The normalized spacial score (nSPS) is 14.8. The molecule has 3 heterocycles. The van der Waals surface area contributed by atoms with Gasteiger partial charge < -0.3 is 15.2 Å². The molecule has 2 aromatic heterocycles. The summed E-state index contributed by atoms with van der Waals surface area (Å²) in [6, 6.07) is 9.31. The van der Waals surface area contributed by atoms with E-state index < -0.39 is 5.95 Å². The van der Waals surface area contributed by atoms with Crippen LogP contribution in [0.1, 0.15) is 35.7 Å². The zero-order chi connectivity index (χ0) is 20.5. The molecule has 4 rings (SSSR count). The Labute approximate surface area is 168 Å². The number of pyridine rings is 1. The summed E-state index contributed by atoms with van der Waals surface area (Å²) < 4.78 is 15.1. The summed E-state index contributed by atoms with van der Waals surface area (Å²) in [5, 5.41) is 18.0. The van der Waals surface area contributed by atoms with E-state index in [1.54, 1.807) is 6.07 Å². The lowest BCUT2D eigenvalue weighted by molar-refractivity contribution is 0.474. The van der Waals surface area contributed by atoms with Crippen molar-refractivity contribution in [3.05, 3.63) is 53.4 Å². The number of nitrogen functional groups attached to an aromatic ring is 1. The van der Waals surface area contributed by atoms with Crippen LogP contribution < -0.4 is 10.6 Å². The number of nitrogens with zero attached hydrogens (tertiary/aromatic N) is 6. The molecule has 0 unspecified atom stereocenters. The van der Waals surface area contributed by atoms with E-state index in [1.807, 2.05) is 30.7 Å². The molecule has 8 heteroatoms. The van der Waals surface area contributed by atoms with E-state index in [9.17, 15) is 9.65 Å². The first-order valence-electron chi connectivity index (χ1n) is 9.55. The number of anilines is 2. The summed E-state index contributed by atoms with van der Waals surface area (Å²) in [5.41, 5.74) is 9.96. The van der Waals surface area contributed by atoms with Gasteiger partial charge in [-0.15, -0.1) is 10.2 Å². The third-order valence-electron chi connectivity index (χ3n) is 5.65. The number of piperidine rings is 1. The van der Waals surface area contributed by atoms with Gasteiger partial charge in [-0.05, 0) is 37.5 Å². The molecule has 29 heavy (non-hydrogen) atoms. The van der Waals surface area contributed by atoms with E-state index in [2.05, 4.69) is 26.2 Å². The Bertz CT molecular complexity index is 1070. The quantitative estimate of drug-likeness (QED) is 0.689. The number of hydrogen-bond acceptors (Lipinski definition) is 6. The number of hydrogen-bond donors (Lipinski definition) is 1. The molecule has 3 aromatic rings. The van der Waals surface area contributed by atoms with Crippen LogP contribution in [0.3, 0.4) is 0 Å². The maximum Gasteiger partial charge on any atom is 0.221 e. The first-order valence-corrected chi connectivity index (χ1v) is 9.55. The van der Waals surface area contributed by atoms with Gasteiger partial charge >= 0.3 is 0 Å². The van der Waals surface area contributed by atoms with E-state index in [-0.39, 0.29) is 5.92 Å². The zero-order valence-electron chi connectivity index (χ0n) is 16.4. The third-order valence-corrected chi connectivity index (χ3v) is 5.65. The topological polar surface area (TPSA) is 96.7 Å². The van der Waals surface area contributed by atoms with Gasteiger partial charge in [-0.25, -0.2) is 4.98 Å². The number of halogens is 1. The van der Waals surface area contributed by atoms with Gasteiger partial charge in [-0.1, -0.05) is 12.1 Å². The summed E-state index contributed by atoms with van der Waals surface area (Å²) in [4.78, 5) is 6.02. The van der Waals surface area contributed by atoms with E-state index in [4.69, 9.17) is 5.73 Å². The average molecular weight is 391 g/mol. The molecule has 1 aliphatic rings. The number of benzene rings is 1. The van der Waals surface area contributed by atoms with Crippen molar-refractivity contribution in [2.24, 2.45) is 7.05 Å². The Morgan fingerprint density at radius 1 is 1.17 bits per heavy atom. The van der Waals surface area contributed by atoms with E-state index in [0.29, 0.717) is 11.5 Å². The number of nitriles is 1. The third kappa shape index (κ3) is 3.40. The van der Waals surface area contributed by atoms with Crippen molar-refractivity contribution in [3.63, 3.8) is 0 Å². The fourth-order valence-corrected chi connectivity index (χ4v) is 4.00. The molecule has 0 radical (unpaired) electrons. The van der Waals surface area contributed by atoms with Crippen LogP contribution in [0, 0.1) is 24.2 Å². The number of aromatic nitrogens is 4. The van der Waals surface area contributed by atoms with Crippen molar-refractivity contribution in [3.8, 4) is 17.2 Å². The minimum absolute atomic E-state index is 0.271. The van der Waals surface area contributed by atoms with Gasteiger partial charge in [0, 0.05) is 43.4 Å². The largest absolute Gasteiger partial charge is 0.370 e. The number of rotatable bonds is 3. The molecule has 1 aliphatic heterocycles. The maximum atomic E-state index is 13.3. The highest BCUT2D eigenvalue weighted by atomic mass is 19.1. The van der Waals surface area contributed by atoms with Crippen LogP contribution in [-0.4, -0.2) is 32.8 Å². The summed E-state index contributed by atoms with van der Waals surface area (Å²) in [6.45, 7) is 3.48. The molecule has 0 spiro atoms. The zero-order valence-corrected chi connectivity index (χ0v) is 16.4. The van der Waals surface area contributed by atoms with Crippen molar-refractivity contribution in [1.29, 1.82) is 5.26 Å². The summed E-state index contributed by atoms with van der Waals surface area (Å²) in [7, 11) is 1.88. The van der Waals surface area contributed by atoms with E-state index >= 15 is 0 Å². The van der Waals surface area contributed by atoms with Crippen LogP contribution in [0.2, 0.25) is 0 Å².